The van der Waals surface area contributed by atoms with E-state index in [9.17, 15) is 9.59 Å². The lowest BCUT2D eigenvalue weighted by Crippen LogP contribution is -2.44. The number of imide groups is 1. The number of carbonyl (C=O) groups excluding carboxylic acids is 2. The summed E-state index contributed by atoms with van der Waals surface area (Å²) in [6, 6.07) is 13.9. The van der Waals surface area contributed by atoms with Crippen molar-refractivity contribution >= 4 is 22.7 Å². The zero-order valence-corrected chi connectivity index (χ0v) is 23.9. The summed E-state index contributed by atoms with van der Waals surface area (Å²) >= 11 is 0. The highest BCUT2D eigenvalue weighted by molar-refractivity contribution is 6.01. The molecule has 2 atom stereocenters. The van der Waals surface area contributed by atoms with E-state index in [1.165, 1.54) is 5.56 Å². The van der Waals surface area contributed by atoms with Crippen LogP contribution in [0.3, 0.4) is 0 Å². The highest BCUT2D eigenvalue weighted by atomic mass is 19.1. The van der Waals surface area contributed by atoms with Crippen molar-refractivity contribution in [2.45, 2.75) is 70.3 Å². The molecule has 42 heavy (non-hydrogen) atoms. The zero-order chi connectivity index (χ0) is 29.0. The molecule has 216 valence electrons. The number of halogens is 1. The molecule has 2 unspecified atom stereocenters. The Bertz CT molecular complexity index is 1680. The van der Waals surface area contributed by atoms with Crippen LogP contribution in [0, 0.1) is 11.2 Å². The van der Waals surface area contributed by atoms with Gasteiger partial charge in [0.15, 0.2) is 0 Å². The maximum Gasteiger partial charge on any atom is 0.234 e. The normalized spacial score (nSPS) is 22.8. The molecule has 9 heteroatoms. The summed E-state index contributed by atoms with van der Waals surface area (Å²) in [6.07, 6.45) is 5.40. The number of piperidine rings is 2. The van der Waals surface area contributed by atoms with Crippen molar-refractivity contribution in [1.82, 2.24) is 25.3 Å². The van der Waals surface area contributed by atoms with E-state index in [0.29, 0.717) is 40.2 Å². The molecule has 2 aromatic carbocycles. The van der Waals surface area contributed by atoms with Crippen molar-refractivity contribution in [2.24, 2.45) is 5.41 Å². The number of hydrogen-bond acceptors (Lipinski definition) is 7. The smallest absolute Gasteiger partial charge is 0.234 e. The lowest BCUT2D eigenvalue weighted by molar-refractivity contribution is -0.134. The second-order valence-corrected chi connectivity index (χ2v) is 12.8. The molecule has 0 radical (unpaired) electrons. The third-order valence-electron chi connectivity index (χ3n) is 9.16. The Balaban J connectivity index is 1.06. The monoisotopic (exact) mass is 567 g/mol. The number of nitrogens with zero attached hydrogens (tertiary/aromatic N) is 4. The molecule has 2 aromatic heterocycles. The fraction of sp³-hybridized carbons (Fsp3) is 0.424. The number of amides is 2. The van der Waals surface area contributed by atoms with Crippen molar-refractivity contribution in [3.8, 4) is 11.4 Å². The summed E-state index contributed by atoms with van der Waals surface area (Å²) in [4.78, 5) is 35.5. The fourth-order valence-electron chi connectivity index (χ4n) is 6.71. The van der Waals surface area contributed by atoms with E-state index in [-0.39, 0.29) is 35.4 Å². The minimum Gasteiger partial charge on any atom is -0.339 e. The zero-order valence-electron chi connectivity index (χ0n) is 23.9. The molecule has 2 saturated heterocycles. The first kappa shape index (κ1) is 26.9. The Hall–Kier alpha value is -3.98. The van der Waals surface area contributed by atoms with Gasteiger partial charge in [-0.1, -0.05) is 49.3 Å². The van der Waals surface area contributed by atoms with Crippen LogP contribution < -0.4 is 5.32 Å². The van der Waals surface area contributed by atoms with Crippen molar-refractivity contribution in [3.05, 3.63) is 77.1 Å². The van der Waals surface area contributed by atoms with Gasteiger partial charge in [0.25, 0.3) is 0 Å². The molecule has 1 aliphatic carbocycles. The molecule has 1 N–H and O–H groups in total. The third-order valence-corrected chi connectivity index (χ3v) is 9.16. The SMILES string of the molecule is CC1(C)CN(Cc2ccc(-c3noc(C4CC4)n3)cc2)CCC1c1ccc2ncc(C3CCC(=O)NC3=O)cc2c1F. The van der Waals surface area contributed by atoms with Crippen molar-refractivity contribution in [3.63, 3.8) is 0 Å². The standard InChI is InChI=1S/C33H34FN5O3/c1-33(2)18-39(17-19-3-5-20(6-4-19)30-37-32(42-38-30)21-7-8-21)14-13-26(33)24-9-11-27-25(29(24)34)15-22(16-35-27)23-10-12-28(40)36-31(23)41/h3-6,9,11,15-16,21,23,26H,7-8,10,12-14,17-18H2,1-2H3,(H,36,40,41). The average Bonchev–Trinajstić information content (AvgIpc) is 3.70. The summed E-state index contributed by atoms with van der Waals surface area (Å²) < 4.78 is 21.6. The summed E-state index contributed by atoms with van der Waals surface area (Å²) in [5.41, 5.74) is 3.91. The van der Waals surface area contributed by atoms with Crippen LogP contribution in [0.1, 0.15) is 86.3 Å². The molecule has 3 fully saturated rings. The highest BCUT2D eigenvalue weighted by Crippen LogP contribution is 2.45. The first-order valence-corrected chi connectivity index (χ1v) is 14.8. The van der Waals surface area contributed by atoms with Crippen LogP contribution in [0.15, 0.2) is 53.2 Å². The molecular formula is C33H34FN5O3. The van der Waals surface area contributed by atoms with Gasteiger partial charge in [-0.2, -0.15) is 4.98 Å². The molecule has 0 spiro atoms. The topological polar surface area (TPSA) is 101 Å². The number of nitrogens with one attached hydrogen (secondary N) is 1. The molecule has 8 nitrogen and oxygen atoms in total. The molecule has 0 bridgehead atoms. The van der Waals surface area contributed by atoms with Crippen molar-refractivity contribution in [1.29, 1.82) is 0 Å². The van der Waals surface area contributed by atoms with Gasteiger partial charge in [0.2, 0.25) is 23.5 Å². The van der Waals surface area contributed by atoms with Crippen LogP contribution in [0.25, 0.3) is 22.3 Å². The first-order chi connectivity index (χ1) is 20.2. The Kier molecular flexibility index (Phi) is 6.65. The van der Waals surface area contributed by atoms with Gasteiger partial charge in [0, 0.05) is 42.6 Å². The Labute approximate surface area is 243 Å². The Morgan fingerprint density at radius 1 is 1.07 bits per heavy atom. The maximum atomic E-state index is 16.1. The van der Waals surface area contributed by atoms with Crippen LogP contribution >= 0.6 is 0 Å². The summed E-state index contributed by atoms with van der Waals surface area (Å²) in [6.45, 7) is 6.93. The van der Waals surface area contributed by atoms with E-state index in [4.69, 9.17) is 4.52 Å². The summed E-state index contributed by atoms with van der Waals surface area (Å²) in [5, 5.41) is 6.97. The largest absolute Gasteiger partial charge is 0.339 e. The van der Waals surface area contributed by atoms with Crippen molar-refractivity contribution < 1.29 is 18.5 Å². The van der Waals surface area contributed by atoms with Gasteiger partial charge in [-0.05, 0) is 72.4 Å². The van der Waals surface area contributed by atoms with Crippen LogP contribution in [0.4, 0.5) is 4.39 Å². The molecule has 4 heterocycles. The number of carbonyl (C=O) groups is 2. The van der Waals surface area contributed by atoms with Crippen LogP contribution in [0.5, 0.6) is 0 Å². The fourth-order valence-corrected chi connectivity index (χ4v) is 6.71. The number of likely N-dealkylation sites (tertiary alicyclic amines) is 1. The van der Waals surface area contributed by atoms with Gasteiger partial charge in [0.1, 0.15) is 5.82 Å². The predicted octanol–water partition coefficient (Wildman–Crippen LogP) is 5.84. The summed E-state index contributed by atoms with van der Waals surface area (Å²) in [7, 11) is 0. The molecular weight excluding hydrogens is 533 g/mol. The third kappa shape index (κ3) is 5.11. The van der Waals surface area contributed by atoms with Gasteiger partial charge in [-0.25, -0.2) is 4.39 Å². The van der Waals surface area contributed by atoms with E-state index < -0.39 is 5.92 Å². The van der Waals surface area contributed by atoms with E-state index >= 15 is 4.39 Å². The van der Waals surface area contributed by atoms with Crippen LogP contribution in [-0.4, -0.2) is 44.9 Å². The van der Waals surface area contributed by atoms with E-state index in [1.807, 2.05) is 12.1 Å². The molecule has 4 aromatic rings. The molecule has 7 rings (SSSR count). The number of fused-ring (bicyclic) bond motifs is 1. The minimum atomic E-state index is -0.496. The second-order valence-electron chi connectivity index (χ2n) is 12.8. The quantitative estimate of drug-likeness (QED) is 0.292. The predicted molar refractivity (Wildman–Crippen MR) is 155 cm³/mol. The number of benzene rings is 2. The lowest BCUT2D eigenvalue weighted by Gasteiger charge is -2.45. The van der Waals surface area contributed by atoms with E-state index in [2.05, 4.69) is 63.5 Å². The number of rotatable bonds is 6. The first-order valence-electron chi connectivity index (χ1n) is 14.8. The molecule has 2 amide bonds. The van der Waals surface area contributed by atoms with Crippen molar-refractivity contribution in [2.75, 3.05) is 13.1 Å². The number of aromatic nitrogens is 3. The van der Waals surface area contributed by atoms with Gasteiger partial charge in [0.05, 0.1) is 11.4 Å². The Morgan fingerprint density at radius 2 is 1.88 bits per heavy atom. The number of hydrogen-bond donors (Lipinski definition) is 1. The highest BCUT2D eigenvalue weighted by Gasteiger charge is 2.38. The maximum absolute atomic E-state index is 16.1. The van der Waals surface area contributed by atoms with E-state index in [1.54, 1.807) is 12.3 Å². The van der Waals surface area contributed by atoms with Gasteiger partial charge >= 0.3 is 0 Å². The average molecular weight is 568 g/mol. The second kappa shape index (κ2) is 10.4. The van der Waals surface area contributed by atoms with Gasteiger partial charge in [-0.15, -0.1) is 0 Å². The number of pyridine rings is 1. The molecule has 2 aliphatic heterocycles. The van der Waals surface area contributed by atoms with Crippen LogP contribution in [-0.2, 0) is 16.1 Å². The van der Waals surface area contributed by atoms with Gasteiger partial charge < -0.3 is 4.52 Å². The summed E-state index contributed by atoms with van der Waals surface area (Å²) in [5.74, 6) is 0.493. The van der Waals surface area contributed by atoms with Crippen LogP contribution in [0.2, 0.25) is 0 Å². The Morgan fingerprint density at radius 3 is 2.62 bits per heavy atom. The molecule has 3 aliphatic rings. The van der Waals surface area contributed by atoms with E-state index in [0.717, 1.165) is 50.4 Å². The lowest BCUT2D eigenvalue weighted by atomic mass is 9.70. The molecule has 1 saturated carbocycles. The minimum absolute atomic E-state index is 0.0404. The van der Waals surface area contributed by atoms with Gasteiger partial charge in [-0.3, -0.25) is 24.8 Å².